The Morgan fingerprint density at radius 1 is 1.38 bits per heavy atom. The summed E-state index contributed by atoms with van der Waals surface area (Å²) in [5, 5.41) is 11.5. The Hall–Kier alpha value is -2.18. The van der Waals surface area contributed by atoms with Crippen LogP contribution in [0, 0.1) is 0 Å². The first-order valence-electron chi connectivity index (χ1n) is 4.47. The van der Waals surface area contributed by atoms with Crippen molar-refractivity contribution in [1.29, 1.82) is 0 Å². The second kappa shape index (κ2) is 4.13. The summed E-state index contributed by atoms with van der Waals surface area (Å²) in [4.78, 5) is 29.4. The SMILES string of the molecule is CC(C)(Nc1nccnc1C(N)=O)C(=O)O. The summed E-state index contributed by atoms with van der Waals surface area (Å²) >= 11 is 0. The molecule has 4 N–H and O–H groups in total. The van der Waals surface area contributed by atoms with Crippen LogP contribution < -0.4 is 11.1 Å². The van der Waals surface area contributed by atoms with Gasteiger partial charge in [-0.1, -0.05) is 0 Å². The molecule has 0 spiro atoms. The maximum absolute atomic E-state index is 11.0. The van der Waals surface area contributed by atoms with Crippen molar-refractivity contribution in [3.05, 3.63) is 18.1 Å². The van der Waals surface area contributed by atoms with E-state index in [9.17, 15) is 9.59 Å². The van der Waals surface area contributed by atoms with E-state index in [-0.39, 0.29) is 11.5 Å². The number of carbonyl (C=O) groups is 2. The zero-order chi connectivity index (χ0) is 12.3. The molecular formula is C9H12N4O3. The highest BCUT2D eigenvalue weighted by Crippen LogP contribution is 2.15. The van der Waals surface area contributed by atoms with Crippen LogP contribution in [0.3, 0.4) is 0 Å². The molecule has 0 bridgehead atoms. The minimum Gasteiger partial charge on any atom is -0.480 e. The highest BCUT2D eigenvalue weighted by molar-refractivity contribution is 5.96. The van der Waals surface area contributed by atoms with Gasteiger partial charge in [0, 0.05) is 12.4 Å². The zero-order valence-corrected chi connectivity index (χ0v) is 8.89. The number of nitrogens with two attached hydrogens (primary N) is 1. The standard InChI is InChI=1S/C9H12N4O3/c1-9(2,8(15)16)13-7-5(6(10)14)11-3-4-12-7/h3-4H,1-2H3,(H2,10,14)(H,12,13)(H,15,16). The van der Waals surface area contributed by atoms with E-state index < -0.39 is 17.4 Å². The predicted molar refractivity (Wildman–Crippen MR) is 55.9 cm³/mol. The molecule has 1 rings (SSSR count). The number of nitrogens with one attached hydrogen (secondary N) is 1. The molecule has 1 aromatic rings. The summed E-state index contributed by atoms with van der Waals surface area (Å²) in [5.74, 6) is -1.78. The number of anilines is 1. The molecule has 0 aromatic carbocycles. The molecule has 0 unspecified atom stereocenters. The number of rotatable bonds is 4. The van der Waals surface area contributed by atoms with Crippen LogP contribution in [0.15, 0.2) is 12.4 Å². The van der Waals surface area contributed by atoms with Crippen molar-refractivity contribution in [2.24, 2.45) is 5.73 Å². The number of carboxylic acids is 1. The van der Waals surface area contributed by atoms with Crippen molar-refractivity contribution in [3.8, 4) is 0 Å². The first-order valence-corrected chi connectivity index (χ1v) is 4.47. The number of aromatic nitrogens is 2. The second-order valence-electron chi connectivity index (χ2n) is 3.67. The third-order valence-corrected chi connectivity index (χ3v) is 1.90. The number of amides is 1. The average Bonchev–Trinajstić information content (AvgIpc) is 2.17. The molecule has 1 heterocycles. The fraction of sp³-hybridized carbons (Fsp3) is 0.333. The fourth-order valence-electron chi connectivity index (χ4n) is 0.959. The van der Waals surface area contributed by atoms with Crippen molar-refractivity contribution in [1.82, 2.24) is 9.97 Å². The lowest BCUT2D eigenvalue weighted by Gasteiger charge is -2.22. The van der Waals surface area contributed by atoms with Gasteiger partial charge in [0.05, 0.1) is 0 Å². The Morgan fingerprint density at radius 3 is 2.44 bits per heavy atom. The summed E-state index contributed by atoms with van der Waals surface area (Å²) in [6, 6.07) is 0. The Morgan fingerprint density at radius 2 is 1.94 bits per heavy atom. The molecule has 1 aromatic heterocycles. The van der Waals surface area contributed by atoms with Crippen LogP contribution in [-0.4, -0.2) is 32.5 Å². The molecule has 7 nitrogen and oxygen atoms in total. The maximum Gasteiger partial charge on any atom is 0.328 e. The average molecular weight is 224 g/mol. The molecule has 7 heteroatoms. The number of nitrogens with zero attached hydrogens (tertiary/aromatic N) is 2. The largest absolute Gasteiger partial charge is 0.480 e. The second-order valence-corrected chi connectivity index (χ2v) is 3.67. The Labute approximate surface area is 91.7 Å². The first kappa shape index (κ1) is 11.9. The molecule has 86 valence electrons. The summed E-state index contributed by atoms with van der Waals surface area (Å²) in [6.07, 6.45) is 2.64. The van der Waals surface area contributed by atoms with E-state index in [1.807, 2.05) is 0 Å². The zero-order valence-electron chi connectivity index (χ0n) is 8.89. The summed E-state index contributed by atoms with van der Waals surface area (Å²) in [7, 11) is 0. The number of carbonyl (C=O) groups excluding carboxylic acids is 1. The van der Waals surface area contributed by atoms with E-state index in [1.54, 1.807) is 0 Å². The van der Waals surface area contributed by atoms with Gasteiger partial charge in [-0.2, -0.15) is 0 Å². The lowest BCUT2D eigenvalue weighted by atomic mass is 10.1. The minimum atomic E-state index is -1.26. The minimum absolute atomic E-state index is 0.0578. The molecule has 1 amide bonds. The van der Waals surface area contributed by atoms with Gasteiger partial charge in [-0.3, -0.25) is 4.79 Å². The normalized spacial score (nSPS) is 10.9. The van der Waals surface area contributed by atoms with E-state index >= 15 is 0 Å². The lowest BCUT2D eigenvalue weighted by Crippen LogP contribution is -2.41. The molecule has 0 atom stereocenters. The summed E-state index contributed by atoms with van der Waals surface area (Å²) in [5.41, 5.74) is 3.73. The first-order chi connectivity index (χ1) is 7.34. The molecule has 0 aliphatic rings. The van der Waals surface area contributed by atoms with E-state index in [0.29, 0.717) is 0 Å². The van der Waals surface area contributed by atoms with E-state index in [2.05, 4.69) is 15.3 Å². The molecule has 0 aliphatic heterocycles. The van der Waals surface area contributed by atoms with E-state index in [1.165, 1.54) is 26.2 Å². The lowest BCUT2D eigenvalue weighted by molar-refractivity contribution is -0.141. The molecule has 0 saturated carbocycles. The molecule has 0 saturated heterocycles. The van der Waals surface area contributed by atoms with Gasteiger partial charge in [-0.15, -0.1) is 0 Å². The quantitative estimate of drug-likeness (QED) is 0.654. The van der Waals surface area contributed by atoms with E-state index in [4.69, 9.17) is 10.8 Å². The summed E-state index contributed by atoms with van der Waals surface area (Å²) in [6.45, 7) is 2.88. The van der Waals surface area contributed by atoms with Gasteiger partial charge in [0.15, 0.2) is 11.5 Å². The number of aliphatic carboxylic acids is 1. The van der Waals surface area contributed by atoms with Crippen molar-refractivity contribution in [2.75, 3.05) is 5.32 Å². The van der Waals surface area contributed by atoms with Gasteiger partial charge in [0.2, 0.25) is 0 Å². The number of primary amides is 1. The smallest absolute Gasteiger partial charge is 0.328 e. The van der Waals surface area contributed by atoms with Crippen molar-refractivity contribution in [3.63, 3.8) is 0 Å². The molecular weight excluding hydrogens is 212 g/mol. The van der Waals surface area contributed by atoms with Gasteiger partial charge in [0.25, 0.3) is 5.91 Å². The van der Waals surface area contributed by atoms with Gasteiger partial charge in [-0.05, 0) is 13.8 Å². The summed E-state index contributed by atoms with van der Waals surface area (Å²) < 4.78 is 0. The van der Waals surface area contributed by atoms with Crippen molar-refractivity contribution in [2.45, 2.75) is 19.4 Å². The molecule has 0 radical (unpaired) electrons. The van der Waals surface area contributed by atoms with E-state index in [0.717, 1.165) is 0 Å². The Kier molecular flexibility index (Phi) is 3.07. The number of carboxylic acid groups (broad SMARTS) is 1. The van der Waals surface area contributed by atoms with Crippen LogP contribution in [0.5, 0.6) is 0 Å². The van der Waals surface area contributed by atoms with Crippen LogP contribution in [0.2, 0.25) is 0 Å². The van der Waals surface area contributed by atoms with Crippen LogP contribution in [0.1, 0.15) is 24.3 Å². The molecule has 16 heavy (non-hydrogen) atoms. The predicted octanol–water partition coefficient (Wildman–Crippen LogP) is -0.149. The number of hydrogen-bond acceptors (Lipinski definition) is 5. The monoisotopic (exact) mass is 224 g/mol. The number of hydrogen-bond donors (Lipinski definition) is 3. The third kappa shape index (κ3) is 2.44. The topological polar surface area (TPSA) is 118 Å². The van der Waals surface area contributed by atoms with Crippen LogP contribution >= 0.6 is 0 Å². The third-order valence-electron chi connectivity index (χ3n) is 1.90. The van der Waals surface area contributed by atoms with Crippen LogP contribution in [0.25, 0.3) is 0 Å². The van der Waals surface area contributed by atoms with Gasteiger partial charge < -0.3 is 16.2 Å². The van der Waals surface area contributed by atoms with Crippen LogP contribution in [-0.2, 0) is 4.79 Å². The Balaban J connectivity index is 3.06. The fourth-order valence-corrected chi connectivity index (χ4v) is 0.959. The van der Waals surface area contributed by atoms with Crippen molar-refractivity contribution >= 4 is 17.7 Å². The van der Waals surface area contributed by atoms with Gasteiger partial charge >= 0.3 is 5.97 Å². The molecule has 0 fully saturated rings. The van der Waals surface area contributed by atoms with Crippen molar-refractivity contribution < 1.29 is 14.7 Å². The highest BCUT2D eigenvalue weighted by atomic mass is 16.4. The highest BCUT2D eigenvalue weighted by Gasteiger charge is 2.28. The molecule has 0 aliphatic carbocycles. The van der Waals surface area contributed by atoms with Crippen LogP contribution in [0.4, 0.5) is 5.82 Å². The Bertz CT molecular complexity index is 431. The van der Waals surface area contributed by atoms with Gasteiger partial charge in [0.1, 0.15) is 5.54 Å². The van der Waals surface area contributed by atoms with Gasteiger partial charge in [-0.25, -0.2) is 14.8 Å². The maximum atomic E-state index is 11.0.